The third kappa shape index (κ3) is 3.37. The number of rotatable bonds is 5. The van der Waals surface area contributed by atoms with Gasteiger partial charge < -0.3 is 9.63 Å². The van der Waals surface area contributed by atoms with Gasteiger partial charge in [0.15, 0.2) is 0 Å². The fourth-order valence-electron chi connectivity index (χ4n) is 1.63. The molecule has 0 amide bonds. The first-order valence-electron chi connectivity index (χ1n) is 5.63. The lowest BCUT2D eigenvalue weighted by molar-refractivity contribution is 0.0652. The smallest absolute Gasteiger partial charge is 0.374 e. The molecule has 100 valence electrons. The van der Waals surface area contributed by atoms with Crippen molar-refractivity contribution in [3.8, 4) is 11.3 Å². The van der Waals surface area contributed by atoms with Crippen molar-refractivity contribution in [1.29, 1.82) is 0 Å². The van der Waals surface area contributed by atoms with Crippen LogP contribution in [-0.4, -0.2) is 22.7 Å². The first-order chi connectivity index (χ1) is 9.06. The number of halogens is 2. The summed E-state index contributed by atoms with van der Waals surface area (Å²) in [6, 6.07) is 8.14. The lowest BCUT2D eigenvalue weighted by Crippen LogP contribution is -1.94. The van der Waals surface area contributed by atoms with Gasteiger partial charge >= 0.3 is 5.97 Å². The molecule has 1 aromatic heterocycles. The van der Waals surface area contributed by atoms with Gasteiger partial charge in [0, 0.05) is 18.1 Å². The Morgan fingerprint density at radius 1 is 1.32 bits per heavy atom. The van der Waals surface area contributed by atoms with Gasteiger partial charge in [0.2, 0.25) is 12.2 Å². The molecule has 19 heavy (non-hydrogen) atoms. The van der Waals surface area contributed by atoms with E-state index in [0.29, 0.717) is 17.7 Å². The molecular formula is C13H11F2NO3. The summed E-state index contributed by atoms with van der Waals surface area (Å²) in [5.74, 6) is -1.43. The number of carbonyl (C=O) groups is 1. The minimum Gasteiger partial charge on any atom is -0.475 e. The van der Waals surface area contributed by atoms with Crippen LogP contribution in [0.5, 0.6) is 0 Å². The first kappa shape index (κ1) is 13.2. The monoisotopic (exact) mass is 267 g/mol. The molecule has 0 aliphatic rings. The van der Waals surface area contributed by atoms with Gasteiger partial charge in [0.1, 0.15) is 5.69 Å². The van der Waals surface area contributed by atoms with Crippen molar-refractivity contribution in [2.24, 2.45) is 0 Å². The number of aromatic nitrogens is 1. The fraction of sp³-hybridized carbons (Fsp3) is 0.231. The van der Waals surface area contributed by atoms with Crippen molar-refractivity contribution in [2.75, 3.05) is 0 Å². The number of carboxylic acid groups (broad SMARTS) is 1. The maximum absolute atomic E-state index is 12.1. The van der Waals surface area contributed by atoms with E-state index in [1.165, 1.54) is 6.07 Å². The summed E-state index contributed by atoms with van der Waals surface area (Å²) in [5.41, 5.74) is 1.88. The highest BCUT2D eigenvalue weighted by Crippen LogP contribution is 2.20. The number of aryl methyl sites for hydroxylation is 1. The van der Waals surface area contributed by atoms with E-state index >= 15 is 0 Å². The van der Waals surface area contributed by atoms with E-state index in [0.717, 1.165) is 5.56 Å². The van der Waals surface area contributed by atoms with Crippen LogP contribution in [0.4, 0.5) is 8.78 Å². The summed E-state index contributed by atoms with van der Waals surface area (Å²) in [6.45, 7) is 0. The summed E-state index contributed by atoms with van der Waals surface area (Å²) in [4.78, 5) is 10.6. The van der Waals surface area contributed by atoms with Crippen LogP contribution in [0.15, 0.2) is 34.9 Å². The molecule has 1 aromatic carbocycles. The molecule has 0 aliphatic carbocycles. The molecule has 0 saturated carbocycles. The SMILES string of the molecule is O=C(O)c1cc(-c2ccc(CCC(F)F)cc2)no1. The topological polar surface area (TPSA) is 63.3 Å². The van der Waals surface area contributed by atoms with Crippen molar-refractivity contribution in [1.82, 2.24) is 5.16 Å². The number of carboxylic acids is 1. The Kier molecular flexibility index (Phi) is 3.89. The highest BCUT2D eigenvalue weighted by molar-refractivity contribution is 5.85. The molecule has 0 bridgehead atoms. The maximum atomic E-state index is 12.1. The Morgan fingerprint density at radius 3 is 2.53 bits per heavy atom. The van der Waals surface area contributed by atoms with Crippen LogP contribution in [-0.2, 0) is 6.42 Å². The number of aromatic carboxylic acids is 1. The van der Waals surface area contributed by atoms with Crippen LogP contribution in [0.1, 0.15) is 22.5 Å². The van der Waals surface area contributed by atoms with Crippen LogP contribution >= 0.6 is 0 Å². The normalized spacial score (nSPS) is 10.9. The van der Waals surface area contributed by atoms with Crippen LogP contribution in [0, 0.1) is 0 Å². The number of nitrogens with zero attached hydrogens (tertiary/aromatic N) is 1. The van der Waals surface area contributed by atoms with Gasteiger partial charge in [-0.3, -0.25) is 0 Å². The minimum atomic E-state index is -2.31. The van der Waals surface area contributed by atoms with E-state index in [1.54, 1.807) is 24.3 Å². The van der Waals surface area contributed by atoms with E-state index in [4.69, 9.17) is 5.11 Å². The van der Waals surface area contributed by atoms with Gasteiger partial charge in [-0.15, -0.1) is 0 Å². The van der Waals surface area contributed by atoms with Crippen LogP contribution in [0.2, 0.25) is 0 Å². The summed E-state index contributed by atoms with van der Waals surface area (Å²) < 4.78 is 28.8. The third-order valence-electron chi connectivity index (χ3n) is 2.62. The molecule has 0 atom stereocenters. The number of benzene rings is 1. The maximum Gasteiger partial charge on any atom is 0.374 e. The summed E-state index contributed by atoms with van der Waals surface area (Å²) in [7, 11) is 0. The number of hydrogen-bond donors (Lipinski definition) is 1. The van der Waals surface area contributed by atoms with Crippen LogP contribution < -0.4 is 0 Å². The van der Waals surface area contributed by atoms with E-state index in [-0.39, 0.29) is 12.2 Å². The van der Waals surface area contributed by atoms with Gasteiger partial charge in [-0.2, -0.15) is 0 Å². The molecular weight excluding hydrogens is 256 g/mol. The molecule has 2 rings (SSSR count). The third-order valence-corrected chi connectivity index (χ3v) is 2.62. The first-order valence-corrected chi connectivity index (χ1v) is 5.63. The molecule has 4 nitrogen and oxygen atoms in total. The molecule has 0 fully saturated rings. The van der Waals surface area contributed by atoms with Gasteiger partial charge in [0.25, 0.3) is 0 Å². The minimum absolute atomic E-state index is 0.174. The van der Waals surface area contributed by atoms with E-state index in [2.05, 4.69) is 9.68 Å². The quantitative estimate of drug-likeness (QED) is 0.903. The Morgan fingerprint density at radius 2 is 2.00 bits per heavy atom. The zero-order chi connectivity index (χ0) is 13.8. The van der Waals surface area contributed by atoms with Gasteiger partial charge in [-0.05, 0) is 12.0 Å². The van der Waals surface area contributed by atoms with Crippen molar-refractivity contribution in [3.05, 3.63) is 41.7 Å². The molecule has 0 unspecified atom stereocenters. The second kappa shape index (κ2) is 5.60. The van der Waals surface area contributed by atoms with Crippen molar-refractivity contribution < 1.29 is 23.2 Å². The van der Waals surface area contributed by atoms with E-state index in [9.17, 15) is 13.6 Å². The standard InChI is InChI=1S/C13H11F2NO3/c14-12(15)6-3-8-1-4-9(5-2-8)10-7-11(13(17)18)19-16-10/h1-2,4-5,7,12H,3,6H2,(H,17,18). The molecule has 0 saturated heterocycles. The van der Waals surface area contributed by atoms with Crippen molar-refractivity contribution in [3.63, 3.8) is 0 Å². The lowest BCUT2D eigenvalue weighted by Gasteiger charge is -2.01. The molecule has 0 radical (unpaired) electrons. The molecule has 0 aliphatic heterocycles. The predicted octanol–water partition coefficient (Wildman–Crippen LogP) is 3.24. The van der Waals surface area contributed by atoms with Crippen LogP contribution in [0.3, 0.4) is 0 Å². The Labute approximate surface area is 107 Å². The zero-order valence-corrected chi connectivity index (χ0v) is 9.85. The molecule has 6 heteroatoms. The summed E-state index contributed by atoms with van der Waals surface area (Å²) in [6.07, 6.45) is -2.18. The summed E-state index contributed by atoms with van der Waals surface area (Å²) >= 11 is 0. The van der Waals surface area contributed by atoms with E-state index in [1.807, 2.05) is 0 Å². The zero-order valence-electron chi connectivity index (χ0n) is 9.85. The lowest BCUT2D eigenvalue weighted by atomic mass is 10.1. The summed E-state index contributed by atoms with van der Waals surface area (Å²) in [5, 5.41) is 12.3. The second-order valence-electron chi connectivity index (χ2n) is 4.01. The Bertz CT molecular complexity index is 564. The Balaban J connectivity index is 2.10. The van der Waals surface area contributed by atoms with Gasteiger partial charge in [-0.25, -0.2) is 13.6 Å². The highest BCUT2D eigenvalue weighted by Gasteiger charge is 2.12. The van der Waals surface area contributed by atoms with Gasteiger partial charge in [0.05, 0.1) is 0 Å². The van der Waals surface area contributed by atoms with Gasteiger partial charge in [-0.1, -0.05) is 29.4 Å². The highest BCUT2D eigenvalue weighted by atomic mass is 19.3. The van der Waals surface area contributed by atoms with Crippen molar-refractivity contribution in [2.45, 2.75) is 19.3 Å². The average molecular weight is 267 g/mol. The molecule has 1 heterocycles. The molecule has 0 spiro atoms. The van der Waals surface area contributed by atoms with Crippen LogP contribution in [0.25, 0.3) is 11.3 Å². The number of hydrogen-bond acceptors (Lipinski definition) is 3. The van der Waals surface area contributed by atoms with Crippen molar-refractivity contribution >= 4 is 5.97 Å². The molecule has 1 N–H and O–H groups in total. The Hall–Kier alpha value is -2.24. The number of alkyl halides is 2. The van der Waals surface area contributed by atoms with E-state index < -0.39 is 12.4 Å². The second-order valence-corrected chi connectivity index (χ2v) is 4.01. The largest absolute Gasteiger partial charge is 0.475 e. The fourth-order valence-corrected chi connectivity index (χ4v) is 1.63. The predicted molar refractivity (Wildman–Crippen MR) is 63.2 cm³/mol. The molecule has 2 aromatic rings. The average Bonchev–Trinajstić information content (AvgIpc) is 2.86.